The van der Waals surface area contributed by atoms with E-state index >= 15 is 0 Å². The number of amides is 1. The van der Waals surface area contributed by atoms with Crippen molar-refractivity contribution in [3.63, 3.8) is 0 Å². The second-order valence-electron chi connectivity index (χ2n) is 7.15. The number of nitrogens with zero attached hydrogens (tertiary/aromatic N) is 3. The van der Waals surface area contributed by atoms with Gasteiger partial charge in [0.1, 0.15) is 0 Å². The zero-order valence-corrected chi connectivity index (χ0v) is 15.9. The summed E-state index contributed by atoms with van der Waals surface area (Å²) in [6.45, 7) is 5.15. The van der Waals surface area contributed by atoms with Crippen LogP contribution in [0.4, 0.5) is 19.1 Å². The van der Waals surface area contributed by atoms with Crippen molar-refractivity contribution < 1.29 is 18.0 Å². The molecule has 1 aromatic heterocycles. The highest BCUT2D eigenvalue weighted by Gasteiger charge is 2.31. The van der Waals surface area contributed by atoms with Gasteiger partial charge in [-0.15, -0.1) is 0 Å². The fourth-order valence-electron chi connectivity index (χ4n) is 3.41. The number of carbonyl (C=O) groups is 1. The molecule has 2 heterocycles. The Morgan fingerprint density at radius 3 is 2.61 bits per heavy atom. The van der Waals surface area contributed by atoms with Crippen molar-refractivity contribution in [3.8, 4) is 0 Å². The van der Waals surface area contributed by atoms with Gasteiger partial charge in [0.2, 0.25) is 11.9 Å². The minimum absolute atomic E-state index is 0.0688. The van der Waals surface area contributed by atoms with Gasteiger partial charge in [0.25, 0.3) is 0 Å². The Morgan fingerprint density at radius 1 is 1.21 bits per heavy atom. The van der Waals surface area contributed by atoms with Crippen molar-refractivity contribution in [2.45, 2.75) is 39.4 Å². The van der Waals surface area contributed by atoms with Crippen LogP contribution in [0.3, 0.4) is 0 Å². The highest BCUT2D eigenvalue weighted by Crippen LogP contribution is 2.29. The van der Waals surface area contributed by atoms with E-state index in [0.717, 1.165) is 42.9 Å². The first-order chi connectivity index (χ1) is 13.2. The Hall–Kier alpha value is -2.64. The average molecular weight is 392 g/mol. The Labute approximate surface area is 162 Å². The second-order valence-corrected chi connectivity index (χ2v) is 7.15. The van der Waals surface area contributed by atoms with E-state index in [-0.39, 0.29) is 18.4 Å². The highest BCUT2D eigenvalue weighted by molar-refractivity contribution is 5.79. The summed E-state index contributed by atoms with van der Waals surface area (Å²) in [5.74, 6) is 0.211. The highest BCUT2D eigenvalue weighted by atomic mass is 19.4. The molecule has 0 unspecified atom stereocenters. The molecule has 150 valence electrons. The summed E-state index contributed by atoms with van der Waals surface area (Å²) in [4.78, 5) is 23.5. The molecule has 28 heavy (non-hydrogen) atoms. The fraction of sp³-hybridized carbons (Fsp3) is 0.450. The number of hydrogen-bond acceptors (Lipinski definition) is 4. The zero-order valence-electron chi connectivity index (χ0n) is 15.9. The Kier molecular flexibility index (Phi) is 5.86. The summed E-state index contributed by atoms with van der Waals surface area (Å²) >= 11 is 0. The Bertz CT molecular complexity index is 833. The van der Waals surface area contributed by atoms with Crippen LogP contribution in [-0.2, 0) is 17.5 Å². The van der Waals surface area contributed by atoms with Crippen LogP contribution < -0.4 is 10.2 Å². The van der Waals surface area contributed by atoms with Crippen LogP contribution in [0.1, 0.15) is 35.4 Å². The molecule has 3 rings (SSSR count). The van der Waals surface area contributed by atoms with E-state index in [0.29, 0.717) is 18.1 Å². The van der Waals surface area contributed by atoms with Gasteiger partial charge < -0.3 is 10.2 Å². The van der Waals surface area contributed by atoms with Gasteiger partial charge >= 0.3 is 6.18 Å². The van der Waals surface area contributed by atoms with Gasteiger partial charge in [-0.3, -0.25) is 4.79 Å². The maximum Gasteiger partial charge on any atom is 0.416 e. The van der Waals surface area contributed by atoms with Gasteiger partial charge in [-0.2, -0.15) is 13.2 Å². The second kappa shape index (κ2) is 8.16. The summed E-state index contributed by atoms with van der Waals surface area (Å²) in [6, 6.07) is 6.91. The molecule has 5 nitrogen and oxygen atoms in total. The van der Waals surface area contributed by atoms with Crippen LogP contribution in [-0.4, -0.2) is 29.0 Å². The lowest BCUT2D eigenvalue weighted by atomic mass is 9.97. The van der Waals surface area contributed by atoms with Crippen molar-refractivity contribution in [2.24, 2.45) is 5.92 Å². The van der Waals surface area contributed by atoms with E-state index < -0.39 is 11.7 Å². The van der Waals surface area contributed by atoms with Gasteiger partial charge in [-0.1, -0.05) is 12.1 Å². The number of halogens is 3. The van der Waals surface area contributed by atoms with Gasteiger partial charge in [-0.05, 0) is 50.5 Å². The molecule has 0 saturated carbocycles. The van der Waals surface area contributed by atoms with Crippen molar-refractivity contribution in [1.82, 2.24) is 15.3 Å². The number of aromatic nitrogens is 2. The number of alkyl halides is 3. The smallest absolute Gasteiger partial charge is 0.352 e. The van der Waals surface area contributed by atoms with E-state index in [2.05, 4.69) is 15.3 Å². The summed E-state index contributed by atoms with van der Waals surface area (Å²) < 4.78 is 38.4. The van der Waals surface area contributed by atoms with Crippen LogP contribution in [0.25, 0.3) is 0 Å². The maximum absolute atomic E-state index is 12.8. The fourth-order valence-corrected chi connectivity index (χ4v) is 3.41. The van der Waals surface area contributed by atoms with Crippen molar-refractivity contribution in [2.75, 3.05) is 18.0 Å². The number of anilines is 1. The van der Waals surface area contributed by atoms with E-state index in [4.69, 9.17) is 0 Å². The Balaban J connectivity index is 1.61. The summed E-state index contributed by atoms with van der Waals surface area (Å²) in [5, 5.41) is 2.77. The maximum atomic E-state index is 12.8. The third-order valence-corrected chi connectivity index (χ3v) is 4.77. The molecule has 1 fully saturated rings. The molecule has 1 N–H and O–H groups in total. The first-order valence-electron chi connectivity index (χ1n) is 9.23. The molecule has 0 radical (unpaired) electrons. The van der Waals surface area contributed by atoms with E-state index in [1.807, 2.05) is 24.8 Å². The lowest BCUT2D eigenvalue weighted by Crippen LogP contribution is -2.43. The predicted octanol–water partition coefficient (Wildman–Crippen LogP) is 3.65. The topological polar surface area (TPSA) is 58.1 Å². The number of nitrogens with one attached hydrogen (secondary N) is 1. The summed E-state index contributed by atoms with van der Waals surface area (Å²) in [5.41, 5.74) is 1.46. The van der Waals surface area contributed by atoms with Crippen LogP contribution in [0.2, 0.25) is 0 Å². The quantitative estimate of drug-likeness (QED) is 0.863. The standard InChI is InChI=1S/C20H23F3N4O/c1-13-9-14(2)26-19(25-13)27-8-4-6-16(12-27)18(28)24-11-15-5-3-7-17(10-15)20(21,22)23/h3,5,7,9-10,16H,4,6,8,11-12H2,1-2H3,(H,24,28)/t16-/m1/s1. The number of piperidine rings is 1. The molecule has 1 aromatic carbocycles. The first-order valence-corrected chi connectivity index (χ1v) is 9.23. The zero-order chi connectivity index (χ0) is 20.3. The molecule has 1 saturated heterocycles. The number of rotatable bonds is 4. The average Bonchev–Trinajstić information content (AvgIpc) is 2.65. The molecular weight excluding hydrogens is 369 g/mol. The first kappa shape index (κ1) is 20.1. The number of aryl methyl sites for hydroxylation is 2. The molecule has 0 spiro atoms. The molecule has 1 atom stereocenters. The van der Waals surface area contributed by atoms with E-state index in [9.17, 15) is 18.0 Å². The lowest BCUT2D eigenvalue weighted by molar-refractivity contribution is -0.137. The van der Waals surface area contributed by atoms with E-state index in [1.54, 1.807) is 6.07 Å². The molecule has 0 bridgehead atoms. The molecule has 2 aromatic rings. The van der Waals surface area contributed by atoms with Crippen molar-refractivity contribution >= 4 is 11.9 Å². The number of hydrogen-bond donors (Lipinski definition) is 1. The van der Waals surface area contributed by atoms with Crippen LogP contribution in [0.15, 0.2) is 30.3 Å². The molecule has 1 amide bonds. The molecule has 1 aliphatic heterocycles. The number of benzene rings is 1. The largest absolute Gasteiger partial charge is 0.416 e. The Morgan fingerprint density at radius 2 is 1.93 bits per heavy atom. The lowest BCUT2D eigenvalue weighted by Gasteiger charge is -2.32. The number of carbonyl (C=O) groups excluding carboxylic acids is 1. The van der Waals surface area contributed by atoms with Gasteiger partial charge in [0, 0.05) is 31.0 Å². The normalized spacial score (nSPS) is 17.5. The van der Waals surface area contributed by atoms with E-state index in [1.165, 1.54) is 6.07 Å². The van der Waals surface area contributed by atoms with Gasteiger partial charge in [0.05, 0.1) is 11.5 Å². The minimum atomic E-state index is -4.39. The summed E-state index contributed by atoms with van der Waals surface area (Å²) in [6.07, 6.45) is -2.83. The molecular formula is C20H23F3N4O. The molecule has 0 aliphatic carbocycles. The monoisotopic (exact) mass is 392 g/mol. The summed E-state index contributed by atoms with van der Waals surface area (Å²) in [7, 11) is 0. The van der Waals surface area contributed by atoms with Crippen LogP contribution in [0, 0.1) is 19.8 Å². The predicted molar refractivity (Wildman–Crippen MR) is 99.7 cm³/mol. The molecule has 8 heteroatoms. The van der Waals surface area contributed by atoms with Crippen LogP contribution >= 0.6 is 0 Å². The molecule has 1 aliphatic rings. The van der Waals surface area contributed by atoms with Crippen molar-refractivity contribution in [1.29, 1.82) is 0 Å². The minimum Gasteiger partial charge on any atom is -0.352 e. The SMILES string of the molecule is Cc1cc(C)nc(N2CCC[C@@H](C(=O)NCc3cccc(C(F)(F)F)c3)C2)n1. The van der Waals surface area contributed by atoms with Crippen molar-refractivity contribution in [3.05, 3.63) is 52.8 Å². The third kappa shape index (κ3) is 4.99. The van der Waals surface area contributed by atoms with Gasteiger partial charge in [0.15, 0.2) is 0 Å². The van der Waals surface area contributed by atoms with Gasteiger partial charge in [-0.25, -0.2) is 9.97 Å². The van der Waals surface area contributed by atoms with Crippen LogP contribution in [0.5, 0.6) is 0 Å². The third-order valence-electron chi connectivity index (χ3n) is 4.77.